The Morgan fingerprint density at radius 1 is 1.88 bits per heavy atom. The quantitative estimate of drug-likeness (QED) is 0.288. The van der Waals surface area contributed by atoms with E-state index in [1.54, 1.807) is 0 Å². The maximum atomic E-state index is 9.60. The number of hydrogen-bond donors (Lipinski definition) is 2. The summed E-state index contributed by atoms with van der Waals surface area (Å²) < 4.78 is 0. The topological polar surface area (TPSA) is 72.4 Å². The van der Waals surface area contributed by atoms with Gasteiger partial charge in [0.15, 0.2) is 0 Å². The second-order valence-corrected chi connectivity index (χ2v) is 1.17. The minimum atomic E-state index is -1.32. The van der Waals surface area contributed by atoms with E-state index in [9.17, 15) is 9.90 Å². The van der Waals surface area contributed by atoms with Gasteiger partial charge in [-0.25, -0.2) is 0 Å². The van der Waals surface area contributed by atoms with Crippen LogP contribution in [0.15, 0.2) is 0 Å². The average molecular weight is 127 g/mol. The van der Waals surface area contributed by atoms with Crippen molar-refractivity contribution in [3.05, 3.63) is 0 Å². The van der Waals surface area contributed by atoms with Gasteiger partial charge in [-0.2, -0.15) is 5.48 Å². The van der Waals surface area contributed by atoms with Crippen molar-refractivity contribution < 1.29 is 44.7 Å². The fourth-order valence-electron chi connectivity index (χ4n) is 0.0527. The first-order valence-electron chi connectivity index (χ1n) is 1.79. The van der Waals surface area contributed by atoms with Gasteiger partial charge < -0.3 is 15.1 Å². The first-order chi connectivity index (χ1) is 3.18. The molecule has 0 heterocycles. The van der Waals surface area contributed by atoms with Crippen LogP contribution in [0.2, 0.25) is 0 Å². The van der Waals surface area contributed by atoms with Crippen molar-refractivity contribution in [1.29, 1.82) is 0 Å². The molecule has 4 nitrogen and oxygen atoms in total. The molecule has 0 amide bonds. The molecule has 0 aromatic rings. The Bertz CT molecular complexity index is 76.9. The molecular weight excluding hydrogens is 121 g/mol. The molecule has 0 aliphatic heterocycles. The molecule has 42 valence electrons. The molecule has 0 fully saturated rings. The molecule has 0 rings (SSSR count). The summed E-state index contributed by atoms with van der Waals surface area (Å²) in [4.78, 5) is 9.60. The summed E-state index contributed by atoms with van der Waals surface area (Å²) in [6, 6.07) is -0.986. The summed E-state index contributed by atoms with van der Waals surface area (Å²) in [6.45, 7) is 1.27. The normalized spacial score (nSPS) is 11.8. The number of nitrogens with one attached hydrogen (secondary N) is 1. The van der Waals surface area contributed by atoms with Gasteiger partial charge in [0.25, 0.3) is 0 Å². The van der Waals surface area contributed by atoms with Gasteiger partial charge in [0.05, 0.1) is 12.0 Å². The van der Waals surface area contributed by atoms with Crippen LogP contribution in [-0.2, 0) is 4.79 Å². The molecule has 0 aromatic heterocycles. The Morgan fingerprint density at radius 3 is 2.25 bits per heavy atom. The van der Waals surface area contributed by atoms with E-state index in [1.807, 2.05) is 0 Å². The largest absolute Gasteiger partial charge is 1.00 e. The van der Waals surface area contributed by atoms with Crippen LogP contribution in [0.1, 0.15) is 6.92 Å². The van der Waals surface area contributed by atoms with Crippen molar-refractivity contribution in [2.75, 3.05) is 0 Å². The van der Waals surface area contributed by atoms with Gasteiger partial charge in [-0.3, -0.25) is 0 Å². The smallest absolute Gasteiger partial charge is 0.548 e. The van der Waals surface area contributed by atoms with Crippen molar-refractivity contribution in [2.45, 2.75) is 13.0 Å². The van der Waals surface area contributed by atoms with Gasteiger partial charge in [0, 0.05) is 0 Å². The Hall–Kier alpha value is 0.390. The zero-order valence-corrected chi connectivity index (χ0v) is 6.84. The number of carboxylic acid groups (broad SMARTS) is 1. The minimum Gasteiger partial charge on any atom is -0.548 e. The first kappa shape index (κ1) is 11.2. The number of carbonyl (C=O) groups excluding carboxylic acids is 1. The van der Waals surface area contributed by atoms with Gasteiger partial charge in [-0.15, -0.1) is 0 Å². The van der Waals surface area contributed by atoms with E-state index in [4.69, 9.17) is 5.21 Å². The molecule has 0 aromatic carbocycles. The Labute approximate surface area is 69.1 Å². The van der Waals surface area contributed by atoms with Crippen molar-refractivity contribution in [3.63, 3.8) is 0 Å². The van der Waals surface area contributed by atoms with E-state index in [0.29, 0.717) is 0 Å². The molecule has 0 spiro atoms. The molecule has 0 aliphatic carbocycles. The van der Waals surface area contributed by atoms with E-state index < -0.39 is 12.0 Å². The minimum absolute atomic E-state index is 0. The first-order valence-corrected chi connectivity index (χ1v) is 1.79. The average Bonchev–Trinajstić information content (AvgIpc) is 1.65. The fraction of sp³-hybridized carbons (Fsp3) is 0.667. The van der Waals surface area contributed by atoms with Crippen LogP contribution >= 0.6 is 0 Å². The maximum Gasteiger partial charge on any atom is 1.00 e. The summed E-state index contributed by atoms with van der Waals surface area (Å²) in [5, 5.41) is 17.4. The zero-order valence-electron chi connectivity index (χ0n) is 4.84. The van der Waals surface area contributed by atoms with Crippen molar-refractivity contribution in [3.8, 4) is 0 Å². The number of rotatable bonds is 2. The van der Waals surface area contributed by atoms with E-state index in [-0.39, 0.29) is 29.6 Å². The van der Waals surface area contributed by atoms with E-state index in [2.05, 4.69) is 0 Å². The van der Waals surface area contributed by atoms with Crippen LogP contribution in [0.5, 0.6) is 0 Å². The Balaban J connectivity index is 0. The van der Waals surface area contributed by atoms with Crippen LogP contribution in [-0.4, -0.2) is 17.2 Å². The number of hydrogen-bond acceptors (Lipinski definition) is 4. The third kappa shape index (κ3) is 4.55. The SMILES string of the molecule is CC(NO)C(=O)[O-].[Na+]. The van der Waals surface area contributed by atoms with Crippen LogP contribution in [0.4, 0.5) is 0 Å². The van der Waals surface area contributed by atoms with Crippen LogP contribution in [0.25, 0.3) is 0 Å². The molecule has 8 heavy (non-hydrogen) atoms. The fourth-order valence-corrected chi connectivity index (χ4v) is 0.0527. The summed E-state index contributed by atoms with van der Waals surface area (Å²) in [6.07, 6.45) is 0. The molecular formula is C3H6NNaO3. The summed E-state index contributed by atoms with van der Waals surface area (Å²) in [5.74, 6) is -1.32. The van der Waals surface area contributed by atoms with E-state index in [1.165, 1.54) is 12.4 Å². The molecule has 0 radical (unpaired) electrons. The third-order valence-corrected chi connectivity index (χ3v) is 0.547. The van der Waals surface area contributed by atoms with Gasteiger partial charge in [0.2, 0.25) is 0 Å². The van der Waals surface area contributed by atoms with Crippen molar-refractivity contribution in [2.24, 2.45) is 0 Å². The Kier molecular flexibility index (Phi) is 7.75. The number of hydroxylamine groups is 1. The molecule has 5 heteroatoms. The van der Waals surface area contributed by atoms with E-state index in [0.717, 1.165) is 0 Å². The predicted octanol–water partition coefficient (Wildman–Crippen LogP) is -4.89. The summed E-state index contributed by atoms with van der Waals surface area (Å²) >= 11 is 0. The standard InChI is InChI=1S/C3H7NO3.Na/c1-2(4-7)3(5)6;/h2,4,7H,1H3,(H,5,6);/q;+1/p-1. The number of aliphatic carboxylic acids is 1. The van der Waals surface area contributed by atoms with Crippen LogP contribution in [0.3, 0.4) is 0 Å². The van der Waals surface area contributed by atoms with Gasteiger partial charge in [0.1, 0.15) is 0 Å². The van der Waals surface area contributed by atoms with Crippen LogP contribution < -0.4 is 40.1 Å². The number of carboxylic acids is 1. The molecule has 0 aliphatic rings. The number of carbonyl (C=O) groups is 1. The molecule has 1 unspecified atom stereocenters. The van der Waals surface area contributed by atoms with E-state index >= 15 is 0 Å². The van der Waals surface area contributed by atoms with Crippen LogP contribution in [0, 0.1) is 0 Å². The monoisotopic (exact) mass is 127 g/mol. The van der Waals surface area contributed by atoms with Crippen molar-refractivity contribution in [1.82, 2.24) is 5.48 Å². The molecule has 0 bridgehead atoms. The Morgan fingerprint density at radius 2 is 2.25 bits per heavy atom. The third-order valence-electron chi connectivity index (χ3n) is 0.547. The zero-order chi connectivity index (χ0) is 5.86. The van der Waals surface area contributed by atoms with Gasteiger partial charge in [-0.1, -0.05) is 0 Å². The summed E-state index contributed by atoms with van der Waals surface area (Å²) in [7, 11) is 0. The second-order valence-electron chi connectivity index (χ2n) is 1.17. The van der Waals surface area contributed by atoms with Gasteiger partial charge in [-0.05, 0) is 6.92 Å². The summed E-state index contributed by atoms with van der Waals surface area (Å²) in [5.41, 5.74) is 1.50. The second kappa shape index (κ2) is 5.53. The molecule has 2 N–H and O–H groups in total. The van der Waals surface area contributed by atoms with Gasteiger partial charge >= 0.3 is 29.6 Å². The predicted molar refractivity (Wildman–Crippen MR) is 19.4 cm³/mol. The molecule has 0 saturated heterocycles. The molecule has 1 atom stereocenters. The van der Waals surface area contributed by atoms with Crippen molar-refractivity contribution >= 4 is 5.97 Å². The molecule has 0 saturated carbocycles. The maximum absolute atomic E-state index is 9.60.